The zero-order valence-corrected chi connectivity index (χ0v) is 16.1. The van der Waals surface area contributed by atoms with Crippen LogP contribution in [0.5, 0.6) is 0 Å². The molecule has 0 unspecified atom stereocenters. The molecule has 2 atom stereocenters. The van der Waals surface area contributed by atoms with Gasteiger partial charge in [0.15, 0.2) is 5.17 Å². The molecule has 1 aliphatic carbocycles. The number of thioether (sulfide) groups is 1. The van der Waals surface area contributed by atoms with Crippen molar-refractivity contribution in [3.05, 3.63) is 46.5 Å². The predicted octanol–water partition coefficient (Wildman–Crippen LogP) is 4.48. The van der Waals surface area contributed by atoms with Crippen LogP contribution in [0.2, 0.25) is 0 Å². The lowest BCUT2D eigenvalue weighted by Gasteiger charge is -2.33. The van der Waals surface area contributed by atoms with E-state index in [1.54, 1.807) is 23.9 Å². The molecule has 0 aromatic heterocycles. The second-order valence-electron chi connectivity index (χ2n) is 7.27. The highest BCUT2D eigenvalue weighted by atomic mass is 32.2. The Morgan fingerprint density at radius 2 is 1.93 bits per heavy atom. The molecule has 1 aliphatic heterocycles. The van der Waals surface area contributed by atoms with Crippen LogP contribution in [-0.4, -0.2) is 44.0 Å². The zero-order valence-electron chi connectivity index (χ0n) is 15.2. The number of benzene rings is 2. The molecule has 0 spiro atoms. The van der Waals surface area contributed by atoms with Gasteiger partial charge in [-0.25, -0.2) is 4.99 Å². The molecule has 1 N–H and O–H groups in total. The Balaban J connectivity index is 1.78. The average molecular weight is 385 g/mol. The Bertz CT molecular complexity index is 893. The Kier molecular flexibility index (Phi) is 5.06. The van der Waals surface area contributed by atoms with Crippen molar-refractivity contribution in [2.24, 2.45) is 4.99 Å². The normalized spacial score (nSPS) is 23.4. The summed E-state index contributed by atoms with van der Waals surface area (Å²) in [6.45, 7) is 1.84. The van der Waals surface area contributed by atoms with Crippen LogP contribution in [-0.2, 0) is 0 Å². The fourth-order valence-electron chi connectivity index (χ4n) is 4.15. The zero-order chi connectivity index (χ0) is 19.0. The van der Waals surface area contributed by atoms with Crippen LogP contribution in [0.15, 0.2) is 41.4 Å². The summed E-state index contributed by atoms with van der Waals surface area (Å²) in [5, 5.41) is 23.9. The Labute approximate surface area is 162 Å². The number of fused-ring (bicyclic) bond motifs is 1. The summed E-state index contributed by atoms with van der Waals surface area (Å²) in [6.07, 6.45) is 4.27. The molecule has 1 heterocycles. The maximum atomic E-state index is 11.3. The first kappa shape index (κ1) is 18.3. The molecule has 6 nitrogen and oxygen atoms in total. The van der Waals surface area contributed by atoms with Gasteiger partial charge in [0, 0.05) is 23.2 Å². The van der Waals surface area contributed by atoms with Crippen molar-refractivity contribution >= 4 is 39.1 Å². The third-order valence-corrected chi connectivity index (χ3v) is 6.60. The van der Waals surface area contributed by atoms with Gasteiger partial charge >= 0.3 is 0 Å². The summed E-state index contributed by atoms with van der Waals surface area (Å²) in [4.78, 5) is 18.2. The van der Waals surface area contributed by atoms with Crippen LogP contribution in [0, 0.1) is 10.1 Å². The predicted molar refractivity (Wildman–Crippen MR) is 110 cm³/mol. The number of hydrogen-bond acceptors (Lipinski definition) is 5. The highest BCUT2D eigenvalue weighted by Crippen LogP contribution is 2.38. The van der Waals surface area contributed by atoms with Gasteiger partial charge in [-0.3, -0.25) is 10.1 Å². The van der Waals surface area contributed by atoms with Gasteiger partial charge in [0.2, 0.25) is 0 Å². The van der Waals surface area contributed by atoms with Crippen LogP contribution < -0.4 is 0 Å². The minimum absolute atomic E-state index is 0.0705. The van der Waals surface area contributed by atoms with E-state index in [1.165, 1.54) is 18.9 Å². The lowest BCUT2D eigenvalue weighted by atomic mass is 10.1. The van der Waals surface area contributed by atoms with Crippen molar-refractivity contribution in [1.82, 2.24) is 4.90 Å². The number of aliphatic imine (C=N–C) groups is 1. The molecule has 1 saturated heterocycles. The molecule has 7 heteroatoms. The topological polar surface area (TPSA) is 79.0 Å². The molecular weight excluding hydrogens is 362 g/mol. The number of hydrogen-bond donors (Lipinski definition) is 1. The van der Waals surface area contributed by atoms with Gasteiger partial charge in [-0.15, -0.1) is 0 Å². The SMILES string of the molecule is C[C@H](O)[C@@H]1CS/C(=N\c2ccc([N+](=O)[O-])c3ccccc23)N1C1CCCC1. The molecular formula is C20H23N3O3S. The smallest absolute Gasteiger partial charge is 0.277 e. The van der Waals surface area contributed by atoms with Crippen molar-refractivity contribution in [2.75, 3.05) is 5.75 Å². The molecule has 0 bridgehead atoms. The average Bonchev–Trinajstić information content (AvgIpc) is 3.31. The molecule has 27 heavy (non-hydrogen) atoms. The summed E-state index contributed by atoms with van der Waals surface area (Å²) in [5.41, 5.74) is 0.844. The Morgan fingerprint density at radius 3 is 2.59 bits per heavy atom. The lowest BCUT2D eigenvalue weighted by molar-refractivity contribution is -0.383. The number of amidine groups is 1. The molecule has 142 valence electrons. The minimum Gasteiger partial charge on any atom is -0.391 e. The van der Waals surface area contributed by atoms with Crippen molar-refractivity contribution in [1.29, 1.82) is 0 Å². The van der Waals surface area contributed by atoms with Gasteiger partial charge in [-0.05, 0) is 31.9 Å². The number of nitro groups is 1. The maximum absolute atomic E-state index is 11.3. The van der Waals surface area contributed by atoms with E-state index in [-0.39, 0.29) is 16.7 Å². The quantitative estimate of drug-likeness (QED) is 0.620. The molecule has 0 radical (unpaired) electrons. The maximum Gasteiger partial charge on any atom is 0.277 e. The fourth-order valence-corrected chi connectivity index (χ4v) is 5.51. The van der Waals surface area contributed by atoms with Crippen molar-refractivity contribution in [2.45, 2.75) is 50.8 Å². The largest absolute Gasteiger partial charge is 0.391 e. The van der Waals surface area contributed by atoms with Gasteiger partial charge in [-0.2, -0.15) is 0 Å². The number of nitrogens with zero attached hydrogens (tertiary/aromatic N) is 3. The minimum atomic E-state index is -0.417. The van der Waals surface area contributed by atoms with E-state index in [4.69, 9.17) is 4.99 Å². The second-order valence-corrected chi connectivity index (χ2v) is 8.25. The standard InChI is InChI=1S/C20H23N3O3S/c1-13(24)19-12-27-20(22(19)14-6-2-3-7-14)21-17-10-11-18(23(25)26)16-9-5-4-8-15(16)17/h4-5,8-11,13-14,19,24H,2-3,6-7,12H2,1H3/b21-20-/t13-,19-/m0/s1. The van der Waals surface area contributed by atoms with Crippen LogP contribution in [0.25, 0.3) is 10.8 Å². The van der Waals surface area contributed by atoms with Gasteiger partial charge in [0.25, 0.3) is 5.69 Å². The number of aliphatic hydroxyl groups excluding tert-OH is 1. The third kappa shape index (κ3) is 3.41. The number of aliphatic hydroxyl groups is 1. The molecule has 2 aliphatic rings. The first-order valence-electron chi connectivity index (χ1n) is 9.40. The molecule has 4 rings (SSSR count). The first-order chi connectivity index (χ1) is 13.1. The first-order valence-corrected chi connectivity index (χ1v) is 10.4. The summed E-state index contributed by atoms with van der Waals surface area (Å²) in [7, 11) is 0. The van der Waals surface area contributed by atoms with E-state index in [1.807, 2.05) is 25.1 Å². The molecule has 2 aromatic rings. The van der Waals surface area contributed by atoms with Crippen LogP contribution in [0.3, 0.4) is 0 Å². The monoisotopic (exact) mass is 385 g/mol. The van der Waals surface area contributed by atoms with Gasteiger partial charge < -0.3 is 10.0 Å². The van der Waals surface area contributed by atoms with E-state index < -0.39 is 6.10 Å². The second kappa shape index (κ2) is 7.48. The van der Waals surface area contributed by atoms with Gasteiger partial charge in [0.1, 0.15) is 0 Å². The number of rotatable bonds is 4. The van der Waals surface area contributed by atoms with E-state index in [0.29, 0.717) is 11.4 Å². The highest BCUT2D eigenvalue weighted by molar-refractivity contribution is 8.14. The van der Waals surface area contributed by atoms with Crippen LogP contribution in [0.4, 0.5) is 11.4 Å². The van der Waals surface area contributed by atoms with E-state index in [9.17, 15) is 15.2 Å². The molecule has 1 saturated carbocycles. The van der Waals surface area contributed by atoms with Crippen molar-refractivity contribution in [3.8, 4) is 0 Å². The third-order valence-electron chi connectivity index (χ3n) is 5.53. The lowest BCUT2D eigenvalue weighted by Crippen LogP contribution is -2.46. The number of non-ortho nitro benzene ring substituents is 1. The summed E-state index contributed by atoms with van der Waals surface area (Å²) in [6, 6.07) is 11.1. The summed E-state index contributed by atoms with van der Waals surface area (Å²) >= 11 is 1.67. The molecule has 2 fully saturated rings. The van der Waals surface area contributed by atoms with E-state index >= 15 is 0 Å². The van der Waals surface area contributed by atoms with Crippen molar-refractivity contribution < 1.29 is 10.0 Å². The highest BCUT2D eigenvalue weighted by Gasteiger charge is 2.39. The van der Waals surface area contributed by atoms with E-state index in [0.717, 1.165) is 34.8 Å². The Morgan fingerprint density at radius 1 is 1.22 bits per heavy atom. The summed E-state index contributed by atoms with van der Waals surface area (Å²) in [5.74, 6) is 0.817. The fraction of sp³-hybridized carbons (Fsp3) is 0.450. The van der Waals surface area contributed by atoms with E-state index in [2.05, 4.69) is 4.90 Å². The van der Waals surface area contributed by atoms with Crippen molar-refractivity contribution in [3.63, 3.8) is 0 Å². The Hall–Kier alpha value is -2.12. The van der Waals surface area contributed by atoms with Crippen LogP contribution >= 0.6 is 11.8 Å². The van der Waals surface area contributed by atoms with Gasteiger partial charge in [-0.1, -0.05) is 42.8 Å². The summed E-state index contributed by atoms with van der Waals surface area (Å²) < 4.78 is 0. The number of nitro benzene ring substituents is 1. The molecule has 0 amide bonds. The van der Waals surface area contributed by atoms with Crippen LogP contribution in [0.1, 0.15) is 32.6 Å². The molecule has 2 aromatic carbocycles. The van der Waals surface area contributed by atoms with Gasteiger partial charge in [0.05, 0.1) is 28.1 Å².